The second kappa shape index (κ2) is 6.42. The lowest BCUT2D eigenvalue weighted by Crippen LogP contribution is -2.59. The first-order valence-electron chi connectivity index (χ1n) is 11.1. The number of benzene rings is 1. The van der Waals surface area contributed by atoms with Gasteiger partial charge in [-0.05, 0) is 73.1 Å². The highest BCUT2D eigenvalue weighted by atomic mass is 16.2. The smallest absolute Gasteiger partial charge is 0.246 e. The highest BCUT2D eigenvalue weighted by Gasteiger charge is 2.61. The van der Waals surface area contributed by atoms with E-state index < -0.39 is 0 Å². The van der Waals surface area contributed by atoms with Crippen molar-refractivity contribution in [1.29, 1.82) is 0 Å². The Morgan fingerprint density at radius 1 is 1.03 bits per heavy atom. The summed E-state index contributed by atoms with van der Waals surface area (Å²) in [6.07, 6.45) is 11.3. The van der Waals surface area contributed by atoms with Gasteiger partial charge in [-0.25, -0.2) is 0 Å². The van der Waals surface area contributed by atoms with Gasteiger partial charge in [0.25, 0.3) is 0 Å². The molecule has 152 valence electrons. The van der Waals surface area contributed by atoms with Crippen LogP contribution in [0.25, 0.3) is 6.08 Å². The Balaban J connectivity index is 1.49. The van der Waals surface area contributed by atoms with E-state index in [2.05, 4.69) is 38.1 Å². The van der Waals surface area contributed by atoms with Gasteiger partial charge in [-0.15, -0.1) is 0 Å². The van der Waals surface area contributed by atoms with E-state index >= 15 is 0 Å². The van der Waals surface area contributed by atoms with E-state index in [1.807, 2.05) is 30.1 Å². The van der Waals surface area contributed by atoms with Crippen LogP contribution in [-0.2, 0) is 9.59 Å². The molecule has 3 aliphatic carbocycles. The molecule has 0 bridgehead atoms. The molecule has 6 atom stereocenters. The van der Waals surface area contributed by atoms with Gasteiger partial charge in [-0.1, -0.05) is 50.3 Å². The van der Waals surface area contributed by atoms with Gasteiger partial charge in [-0.3, -0.25) is 9.59 Å². The van der Waals surface area contributed by atoms with Crippen LogP contribution in [-0.4, -0.2) is 29.7 Å². The number of likely N-dealkylation sites (N-methyl/N-ethyl adjacent to an activating group) is 1. The molecular weight excluding hydrogens is 358 g/mol. The van der Waals surface area contributed by atoms with E-state index in [0.29, 0.717) is 29.6 Å². The molecule has 3 saturated carbocycles. The van der Waals surface area contributed by atoms with Gasteiger partial charge in [0.05, 0.1) is 0 Å². The Labute approximate surface area is 173 Å². The molecule has 4 aliphatic rings. The molecule has 5 rings (SSSR count). The molecule has 0 radical (unpaired) electrons. The summed E-state index contributed by atoms with van der Waals surface area (Å²) < 4.78 is 0. The van der Waals surface area contributed by atoms with Crippen molar-refractivity contribution in [2.45, 2.75) is 52.0 Å². The summed E-state index contributed by atoms with van der Waals surface area (Å²) in [5, 5.41) is 0. The Hall–Kier alpha value is -2.16. The van der Waals surface area contributed by atoms with E-state index in [9.17, 15) is 9.59 Å². The maximum atomic E-state index is 13.5. The number of fused-ring (bicyclic) bond motifs is 5. The topological polar surface area (TPSA) is 37.4 Å². The van der Waals surface area contributed by atoms with E-state index in [-0.39, 0.29) is 16.7 Å². The fourth-order valence-corrected chi connectivity index (χ4v) is 7.29. The van der Waals surface area contributed by atoms with Crippen LogP contribution in [0.5, 0.6) is 0 Å². The Bertz CT molecular complexity index is 916. The third-order valence-electron chi connectivity index (χ3n) is 8.91. The van der Waals surface area contributed by atoms with Gasteiger partial charge in [0.15, 0.2) is 5.78 Å². The van der Waals surface area contributed by atoms with Gasteiger partial charge in [0, 0.05) is 23.9 Å². The minimum Gasteiger partial charge on any atom is -0.338 e. The minimum atomic E-state index is -0.217. The largest absolute Gasteiger partial charge is 0.338 e. The number of allylic oxidation sites excluding steroid dienone is 1. The quantitative estimate of drug-likeness (QED) is 0.642. The average Bonchev–Trinajstić information content (AvgIpc) is 2.97. The predicted octanol–water partition coefficient (Wildman–Crippen LogP) is 4.89. The van der Waals surface area contributed by atoms with Gasteiger partial charge in [0.1, 0.15) is 0 Å². The number of Topliss-reactive ketones (excluding diaryl/α,β-unsaturated/α-hetero) is 1. The van der Waals surface area contributed by atoms with Crippen LogP contribution in [0.15, 0.2) is 48.1 Å². The van der Waals surface area contributed by atoms with Crippen molar-refractivity contribution in [2.24, 2.45) is 28.6 Å². The van der Waals surface area contributed by atoms with E-state index in [0.717, 1.165) is 43.2 Å². The fraction of sp³-hybridized carbons (Fsp3) is 0.538. The van der Waals surface area contributed by atoms with Gasteiger partial charge in [-0.2, -0.15) is 0 Å². The standard InChI is InChI=1S/C26H31NO2/c1-25-14-12-23(28)27(3)22(25)10-9-19-20(25)11-13-26(2)21(19)16-18(24(26)29)15-17-7-5-4-6-8-17/h4-8,12,14-15,19-22H,9-11,13,16H2,1-3H3/b18-15+/t19-,20+,21+,22-,25-,26+/m1/s1. The molecule has 0 unspecified atom stereocenters. The van der Waals surface area contributed by atoms with E-state index in [1.165, 1.54) is 0 Å². The van der Waals surface area contributed by atoms with Crippen LogP contribution in [0, 0.1) is 28.6 Å². The van der Waals surface area contributed by atoms with Crippen molar-refractivity contribution in [3.8, 4) is 0 Å². The first kappa shape index (κ1) is 18.8. The molecule has 1 amide bonds. The Kier molecular flexibility index (Phi) is 4.17. The van der Waals surface area contributed by atoms with Crippen molar-refractivity contribution in [3.05, 3.63) is 53.6 Å². The summed E-state index contributed by atoms with van der Waals surface area (Å²) in [7, 11) is 1.96. The zero-order chi connectivity index (χ0) is 20.4. The molecule has 3 fully saturated rings. The van der Waals surface area contributed by atoms with Crippen molar-refractivity contribution < 1.29 is 9.59 Å². The van der Waals surface area contributed by atoms with Crippen LogP contribution < -0.4 is 0 Å². The molecule has 1 heterocycles. The monoisotopic (exact) mass is 389 g/mol. The second-order valence-corrected chi connectivity index (χ2v) is 10.2. The molecule has 1 aliphatic heterocycles. The molecule has 0 aromatic heterocycles. The summed E-state index contributed by atoms with van der Waals surface area (Å²) in [6, 6.07) is 10.5. The number of ketones is 1. The van der Waals surface area contributed by atoms with Gasteiger partial charge >= 0.3 is 0 Å². The van der Waals surface area contributed by atoms with Crippen LogP contribution in [0.2, 0.25) is 0 Å². The third kappa shape index (κ3) is 2.62. The lowest BCUT2D eigenvalue weighted by atomic mass is 9.48. The molecule has 0 spiro atoms. The van der Waals surface area contributed by atoms with Crippen molar-refractivity contribution in [1.82, 2.24) is 4.90 Å². The zero-order valence-corrected chi connectivity index (χ0v) is 17.7. The van der Waals surface area contributed by atoms with Crippen LogP contribution >= 0.6 is 0 Å². The summed E-state index contributed by atoms with van der Waals surface area (Å²) in [6.45, 7) is 4.58. The Morgan fingerprint density at radius 3 is 2.55 bits per heavy atom. The molecule has 0 N–H and O–H groups in total. The maximum absolute atomic E-state index is 13.5. The number of nitrogens with zero attached hydrogens (tertiary/aromatic N) is 1. The normalized spacial score (nSPS) is 42.6. The molecular formula is C26H31NO2. The van der Waals surface area contributed by atoms with E-state index in [4.69, 9.17) is 0 Å². The molecule has 3 nitrogen and oxygen atoms in total. The highest BCUT2D eigenvalue weighted by Crippen LogP contribution is 2.63. The second-order valence-electron chi connectivity index (χ2n) is 10.2. The van der Waals surface area contributed by atoms with Crippen LogP contribution in [0.1, 0.15) is 51.5 Å². The lowest BCUT2D eigenvalue weighted by Gasteiger charge is -2.59. The SMILES string of the molecule is CN1C(=O)C=C[C@]2(C)[C@H]3CC[C@]4(C)C(=O)/C(=C/c5ccccc5)C[C@H]4[C@@H]3CC[C@@H]12. The molecule has 3 heteroatoms. The first-order chi connectivity index (χ1) is 13.8. The predicted molar refractivity (Wildman–Crippen MR) is 115 cm³/mol. The summed E-state index contributed by atoms with van der Waals surface area (Å²) in [5.41, 5.74) is 1.95. The van der Waals surface area contributed by atoms with Crippen molar-refractivity contribution >= 4 is 17.8 Å². The van der Waals surface area contributed by atoms with E-state index in [1.54, 1.807) is 6.08 Å². The number of hydrogen-bond donors (Lipinski definition) is 0. The number of carbonyl (C=O) groups is 2. The van der Waals surface area contributed by atoms with Crippen LogP contribution in [0.4, 0.5) is 0 Å². The summed E-state index contributed by atoms with van der Waals surface area (Å²) in [5.74, 6) is 2.05. The molecule has 1 aromatic rings. The molecule has 1 aromatic carbocycles. The number of amides is 1. The number of rotatable bonds is 1. The molecule has 29 heavy (non-hydrogen) atoms. The maximum Gasteiger partial charge on any atom is 0.246 e. The summed E-state index contributed by atoms with van der Waals surface area (Å²) in [4.78, 5) is 27.7. The van der Waals surface area contributed by atoms with Gasteiger partial charge < -0.3 is 4.90 Å². The number of hydrogen-bond acceptors (Lipinski definition) is 2. The minimum absolute atomic E-state index is 0.0296. The lowest BCUT2D eigenvalue weighted by molar-refractivity contribution is -0.141. The zero-order valence-electron chi connectivity index (χ0n) is 17.7. The number of carbonyl (C=O) groups excluding carboxylic acids is 2. The Morgan fingerprint density at radius 2 is 1.79 bits per heavy atom. The van der Waals surface area contributed by atoms with Crippen molar-refractivity contribution in [3.63, 3.8) is 0 Å². The van der Waals surface area contributed by atoms with Crippen LogP contribution in [0.3, 0.4) is 0 Å². The highest BCUT2D eigenvalue weighted by molar-refractivity contribution is 6.06. The first-order valence-corrected chi connectivity index (χ1v) is 11.1. The van der Waals surface area contributed by atoms with Gasteiger partial charge in [0.2, 0.25) is 5.91 Å². The average molecular weight is 390 g/mol. The fourth-order valence-electron chi connectivity index (χ4n) is 7.29. The van der Waals surface area contributed by atoms with Crippen molar-refractivity contribution in [2.75, 3.05) is 7.05 Å². The third-order valence-corrected chi connectivity index (χ3v) is 8.91. The summed E-state index contributed by atoms with van der Waals surface area (Å²) >= 11 is 0. The molecule has 0 saturated heterocycles.